The average molecular weight is 806 g/mol. The number of phosphoric ester groups is 1. The SMILES string of the molecule is CCCCCCCCCCCCCCCCOC[C@@H](COP(=O)(O)O[C@H]1[C@]2(O)[C@@H](O)[C@@H](c3ccc4c(N)ncnn34)O[C@]12C)OCc1cc(Cl)cc(C#N)c1. The van der Waals surface area contributed by atoms with Crippen LogP contribution < -0.4 is 5.73 Å². The summed E-state index contributed by atoms with van der Waals surface area (Å²) in [6.45, 7) is 3.94. The van der Waals surface area contributed by atoms with Crippen LogP contribution in [0.15, 0.2) is 36.7 Å². The molecule has 3 aromatic rings. The Bertz CT molecular complexity index is 1780. The van der Waals surface area contributed by atoms with Gasteiger partial charge >= 0.3 is 7.82 Å². The number of nitrogens with zero attached hydrogens (tertiary/aromatic N) is 4. The van der Waals surface area contributed by atoms with Gasteiger partial charge in [0, 0.05) is 11.6 Å². The van der Waals surface area contributed by atoms with Gasteiger partial charge in [0.15, 0.2) is 11.4 Å². The molecule has 0 radical (unpaired) electrons. The number of rotatable bonds is 26. The Morgan fingerprint density at radius 1 is 1.04 bits per heavy atom. The molecule has 7 atom stereocenters. The molecule has 1 saturated carbocycles. The Balaban J connectivity index is 1.06. The Morgan fingerprint density at radius 3 is 2.31 bits per heavy atom. The summed E-state index contributed by atoms with van der Waals surface area (Å²) < 4.78 is 43.4. The lowest BCUT2D eigenvalue weighted by Crippen LogP contribution is -2.35. The fourth-order valence-corrected chi connectivity index (χ4v) is 8.73. The van der Waals surface area contributed by atoms with Crippen molar-refractivity contribution in [1.82, 2.24) is 14.6 Å². The number of aliphatic hydroxyl groups is 2. The van der Waals surface area contributed by atoms with Gasteiger partial charge < -0.3 is 35.1 Å². The molecule has 16 heteroatoms. The standard InChI is InChI=1S/C39H57ClN5O9P/c1-3-4-5-6-7-8-9-10-11-12-13-14-15-16-19-50-25-31(51-24-29-20-28(23-41)21-30(40)22-29)26-52-55(48,49)54-37-38(2)39(37,47)35(46)34(53-38)32-17-18-33-36(42)43-27-44-45(32)33/h17-18,20-22,27,31,34-35,37,46-47H,3-16,19,24-26H2,1-2H3,(H,48,49)(H2,42,43,44)/t31-,34+,35-,37+,38+,39+/m0/s1. The Labute approximate surface area is 328 Å². The normalized spacial score (nSPS) is 24.8. The van der Waals surface area contributed by atoms with E-state index in [1.807, 2.05) is 0 Å². The molecule has 3 heterocycles. The summed E-state index contributed by atoms with van der Waals surface area (Å²) in [7, 11) is -4.82. The first-order chi connectivity index (χ1) is 26.4. The zero-order chi connectivity index (χ0) is 39.5. The number of phosphoric acid groups is 1. The molecular formula is C39H57ClN5O9P. The van der Waals surface area contributed by atoms with Crippen LogP contribution in [-0.4, -0.2) is 79.0 Å². The van der Waals surface area contributed by atoms with Gasteiger partial charge in [-0.25, -0.2) is 14.1 Å². The summed E-state index contributed by atoms with van der Waals surface area (Å²) in [5.41, 5.74) is 4.30. The number of benzene rings is 1. The fraction of sp³-hybridized carbons (Fsp3) is 0.667. The lowest BCUT2D eigenvalue weighted by atomic mass is 10.0. The Hall–Kier alpha value is -2.67. The number of nitriles is 1. The minimum Gasteiger partial charge on any atom is -0.387 e. The highest BCUT2D eigenvalue weighted by atomic mass is 35.5. The van der Waals surface area contributed by atoms with Crippen LogP contribution in [0.1, 0.15) is 127 Å². The van der Waals surface area contributed by atoms with E-state index in [0.29, 0.717) is 34.0 Å². The number of hydrogen-bond donors (Lipinski definition) is 4. The van der Waals surface area contributed by atoms with Crippen molar-refractivity contribution in [2.45, 2.75) is 146 Å². The van der Waals surface area contributed by atoms with Crippen LogP contribution in [0, 0.1) is 11.3 Å². The van der Waals surface area contributed by atoms with E-state index < -0.39 is 43.4 Å². The van der Waals surface area contributed by atoms with Gasteiger partial charge in [0.25, 0.3) is 0 Å². The molecular weight excluding hydrogens is 749 g/mol. The van der Waals surface area contributed by atoms with Crippen LogP contribution >= 0.6 is 19.4 Å². The van der Waals surface area contributed by atoms with Crippen molar-refractivity contribution in [3.05, 3.63) is 58.5 Å². The topological polar surface area (TPSA) is 204 Å². The number of anilines is 1. The third-order valence-electron chi connectivity index (χ3n) is 10.7. The molecule has 0 bridgehead atoms. The molecule has 304 valence electrons. The van der Waals surface area contributed by atoms with Gasteiger partial charge in [-0.05, 0) is 49.2 Å². The summed E-state index contributed by atoms with van der Waals surface area (Å²) >= 11 is 6.17. The first kappa shape index (κ1) is 43.5. The maximum absolute atomic E-state index is 13.2. The number of halogens is 1. The summed E-state index contributed by atoms with van der Waals surface area (Å²) in [5.74, 6) is 0.227. The van der Waals surface area contributed by atoms with Crippen LogP contribution in [-0.2, 0) is 34.4 Å². The van der Waals surface area contributed by atoms with E-state index >= 15 is 0 Å². The summed E-state index contributed by atoms with van der Waals surface area (Å²) in [6.07, 6.45) is 14.1. The number of nitrogen functional groups attached to an aromatic ring is 1. The van der Waals surface area contributed by atoms with Gasteiger partial charge in [0.1, 0.15) is 41.9 Å². The highest BCUT2D eigenvalue weighted by Gasteiger charge is 2.87. The second-order valence-electron chi connectivity index (χ2n) is 14.9. The highest BCUT2D eigenvalue weighted by molar-refractivity contribution is 7.47. The highest BCUT2D eigenvalue weighted by Crippen LogP contribution is 2.68. The molecule has 5 rings (SSSR count). The number of nitrogens with two attached hydrogens (primary N) is 1. The zero-order valence-electron chi connectivity index (χ0n) is 32.0. The summed E-state index contributed by atoms with van der Waals surface area (Å²) in [4.78, 5) is 14.7. The van der Waals surface area contributed by atoms with Crippen molar-refractivity contribution >= 4 is 30.8 Å². The third-order valence-corrected chi connectivity index (χ3v) is 11.9. The number of aliphatic hydroxyl groups excluding tert-OH is 1. The van der Waals surface area contributed by atoms with Gasteiger partial charge in [-0.3, -0.25) is 9.05 Å². The lowest BCUT2D eigenvalue weighted by Gasteiger charge is -2.24. The first-order valence-corrected chi connectivity index (χ1v) is 21.5. The van der Waals surface area contributed by atoms with E-state index in [-0.39, 0.29) is 25.6 Å². The first-order valence-electron chi connectivity index (χ1n) is 19.6. The Morgan fingerprint density at radius 2 is 1.69 bits per heavy atom. The largest absolute Gasteiger partial charge is 0.472 e. The number of hydrogen-bond acceptors (Lipinski definition) is 12. The van der Waals surface area contributed by atoms with E-state index in [0.717, 1.165) is 19.3 Å². The number of fused-ring (bicyclic) bond motifs is 2. The van der Waals surface area contributed by atoms with Crippen molar-refractivity contribution in [1.29, 1.82) is 5.26 Å². The van der Waals surface area contributed by atoms with Crippen molar-refractivity contribution in [2.24, 2.45) is 0 Å². The average Bonchev–Trinajstić information content (AvgIpc) is 3.42. The molecule has 14 nitrogen and oxygen atoms in total. The van der Waals surface area contributed by atoms with Crippen LogP contribution in [0.25, 0.3) is 5.52 Å². The maximum atomic E-state index is 13.2. The second kappa shape index (κ2) is 20.1. The van der Waals surface area contributed by atoms with E-state index in [4.69, 9.17) is 40.6 Å². The van der Waals surface area contributed by atoms with E-state index in [1.165, 1.54) is 88.4 Å². The van der Waals surface area contributed by atoms with E-state index in [1.54, 1.807) is 30.3 Å². The maximum Gasteiger partial charge on any atom is 0.472 e. The number of unbranched alkanes of at least 4 members (excludes halogenated alkanes) is 13. The number of aromatic nitrogens is 3. The molecule has 55 heavy (non-hydrogen) atoms. The van der Waals surface area contributed by atoms with Crippen molar-refractivity contribution in [3.63, 3.8) is 0 Å². The fourth-order valence-electron chi connectivity index (χ4n) is 7.43. The molecule has 2 aliphatic rings. The van der Waals surface area contributed by atoms with Crippen LogP contribution in [0.2, 0.25) is 5.02 Å². The third kappa shape index (κ3) is 11.0. The van der Waals surface area contributed by atoms with Gasteiger partial charge in [-0.1, -0.05) is 102 Å². The van der Waals surface area contributed by atoms with Crippen LogP contribution in [0.4, 0.5) is 5.82 Å². The van der Waals surface area contributed by atoms with Crippen molar-refractivity contribution in [2.75, 3.05) is 25.6 Å². The van der Waals surface area contributed by atoms with Crippen molar-refractivity contribution < 1.29 is 42.9 Å². The molecule has 1 saturated heterocycles. The minimum absolute atomic E-state index is 0.0366. The van der Waals surface area contributed by atoms with Crippen molar-refractivity contribution in [3.8, 4) is 6.07 Å². The molecule has 0 spiro atoms. The van der Waals surface area contributed by atoms with Gasteiger partial charge in [0.05, 0.1) is 37.1 Å². The number of ether oxygens (including phenoxy) is 3. The zero-order valence-corrected chi connectivity index (χ0v) is 33.6. The molecule has 1 unspecified atom stereocenters. The summed E-state index contributed by atoms with van der Waals surface area (Å²) in [5, 5.41) is 36.5. The lowest BCUT2D eigenvalue weighted by molar-refractivity contribution is -0.0837. The molecule has 1 aliphatic carbocycles. The molecule has 2 aromatic heterocycles. The van der Waals surface area contributed by atoms with E-state index in [9.17, 15) is 24.9 Å². The molecule has 0 amide bonds. The molecule has 1 aliphatic heterocycles. The van der Waals surface area contributed by atoms with Crippen LogP contribution in [0.3, 0.4) is 0 Å². The van der Waals surface area contributed by atoms with Gasteiger partial charge in [-0.2, -0.15) is 10.4 Å². The van der Waals surface area contributed by atoms with Gasteiger partial charge in [0.2, 0.25) is 0 Å². The predicted molar refractivity (Wildman–Crippen MR) is 207 cm³/mol. The summed E-state index contributed by atoms with van der Waals surface area (Å²) in [6, 6.07) is 10.2. The Kier molecular flexibility index (Phi) is 15.9. The molecule has 2 fully saturated rings. The quantitative estimate of drug-likeness (QED) is 0.0463. The van der Waals surface area contributed by atoms with Crippen LogP contribution in [0.5, 0.6) is 0 Å². The minimum atomic E-state index is -4.82. The van der Waals surface area contributed by atoms with E-state index in [2.05, 4.69) is 23.1 Å². The smallest absolute Gasteiger partial charge is 0.387 e. The predicted octanol–water partition coefficient (Wildman–Crippen LogP) is 7.36. The van der Waals surface area contributed by atoms with Gasteiger partial charge in [-0.15, -0.1) is 0 Å². The molecule has 5 N–H and O–H groups in total. The molecule has 1 aromatic carbocycles. The second-order valence-corrected chi connectivity index (χ2v) is 16.8. The monoisotopic (exact) mass is 805 g/mol.